The molecule has 1 amide bonds. The third-order valence-electron chi connectivity index (χ3n) is 3.50. The van der Waals surface area contributed by atoms with Gasteiger partial charge in [0.05, 0.1) is 12.6 Å². The van der Waals surface area contributed by atoms with Crippen LogP contribution in [0, 0.1) is 16.7 Å². The van der Waals surface area contributed by atoms with Crippen LogP contribution in [0.25, 0.3) is 0 Å². The fourth-order valence-electron chi connectivity index (χ4n) is 2.37. The Kier molecular flexibility index (Phi) is 2.22. The minimum Gasteiger partial charge on any atom is -0.321 e. The lowest BCUT2D eigenvalue weighted by Gasteiger charge is -2.32. The van der Waals surface area contributed by atoms with E-state index in [0.29, 0.717) is 6.54 Å². The first-order chi connectivity index (χ1) is 6.67. The average molecular weight is 192 g/mol. The maximum atomic E-state index is 12.0. The van der Waals surface area contributed by atoms with Crippen LogP contribution in [0.15, 0.2) is 0 Å². The largest absolute Gasteiger partial charge is 0.321 e. The highest BCUT2D eigenvalue weighted by Gasteiger charge is 2.47. The van der Waals surface area contributed by atoms with Crippen molar-refractivity contribution in [1.29, 1.82) is 5.26 Å². The zero-order valence-electron chi connectivity index (χ0n) is 8.62. The number of nitriles is 1. The Labute approximate surface area is 84.7 Å². The van der Waals surface area contributed by atoms with Crippen molar-refractivity contribution in [3.63, 3.8) is 0 Å². The van der Waals surface area contributed by atoms with Gasteiger partial charge in [0.2, 0.25) is 5.91 Å². The number of carbonyl (C=O) groups is 1. The van der Waals surface area contributed by atoms with E-state index < -0.39 is 0 Å². The van der Waals surface area contributed by atoms with Crippen LogP contribution in [-0.2, 0) is 4.79 Å². The van der Waals surface area contributed by atoms with E-state index in [1.165, 1.54) is 6.42 Å². The Morgan fingerprint density at radius 3 is 2.57 bits per heavy atom. The van der Waals surface area contributed by atoms with Crippen LogP contribution in [0.2, 0.25) is 0 Å². The van der Waals surface area contributed by atoms with Gasteiger partial charge in [-0.25, -0.2) is 0 Å². The average Bonchev–Trinajstić information content (AvgIpc) is 2.96. The van der Waals surface area contributed by atoms with E-state index >= 15 is 0 Å². The molecule has 3 nitrogen and oxygen atoms in total. The molecule has 1 aliphatic heterocycles. The highest BCUT2D eigenvalue weighted by molar-refractivity contribution is 5.85. The molecule has 0 spiro atoms. The van der Waals surface area contributed by atoms with Gasteiger partial charge in [0, 0.05) is 5.41 Å². The Balaban J connectivity index is 2.00. The van der Waals surface area contributed by atoms with Gasteiger partial charge in [-0.1, -0.05) is 26.2 Å². The van der Waals surface area contributed by atoms with Gasteiger partial charge in [0.15, 0.2) is 0 Å². The van der Waals surface area contributed by atoms with Crippen LogP contribution in [0.4, 0.5) is 0 Å². The summed E-state index contributed by atoms with van der Waals surface area (Å²) in [6.45, 7) is 2.71. The van der Waals surface area contributed by atoms with Crippen molar-refractivity contribution in [2.45, 2.75) is 45.1 Å². The first kappa shape index (κ1) is 9.51. The summed E-state index contributed by atoms with van der Waals surface area (Å²) >= 11 is 0. The fourth-order valence-corrected chi connectivity index (χ4v) is 2.37. The highest BCUT2D eigenvalue weighted by atomic mass is 16.2. The summed E-state index contributed by atoms with van der Waals surface area (Å²) in [5, 5.41) is 8.66. The SMILES string of the molecule is CC1(C(=O)N2CC2C#N)CCCCC1. The summed E-state index contributed by atoms with van der Waals surface area (Å²) in [6.07, 6.45) is 5.58. The third kappa shape index (κ3) is 1.50. The molecule has 0 aromatic rings. The molecule has 0 aromatic carbocycles. The minimum atomic E-state index is -0.163. The standard InChI is InChI=1S/C11H16N2O/c1-11(5-3-2-4-6-11)10(14)13-8-9(13)7-12/h9H,2-6,8H2,1H3. The van der Waals surface area contributed by atoms with Gasteiger partial charge in [0.1, 0.15) is 6.04 Å². The lowest BCUT2D eigenvalue weighted by molar-refractivity contribution is -0.137. The van der Waals surface area contributed by atoms with Crippen LogP contribution >= 0.6 is 0 Å². The molecule has 2 aliphatic rings. The summed E-state index contributed by atoms with van der Waals surface area (Å²) < 4.78 is 0. The predicted octanol–water partition coefficient (Wildman–Crippen LogP) is 1.69. The molecule has 3 heteroatoms. The number of carbonyl (C=O) groups excluding carboxylic acids is 1. The fraction of sp³-hybridized carbons (Fsp3) is 0.818. The lowest BCUT2D eigenvalue weighted by atomic mass is 9.75. The molecule has 14 heavy (non-hydrogen) atoms. The number of hydrogen-bond acceptors (Lipinski definition) is 2. The van der Waals surface area contributed by atoms with Crippen LogP contribution in [0.3, 0.4) is 0 Å². The Bertz CT molecular complexity index is 286. The summed E-state index contributed by atoms with van der Waals surface area (Å²) in [5.41, 5.74) is -0.163. The van der Waals surface area contributed by atoms with Crippen molar-refractivity contribution >= 4 is 5.91 Å². The molecular formula is C11H16N2O. The molecule has 76 valence electrons. The second kappa shape index (κ2) is 3.27. The van der Waals surface area contributed by atoms with Gasteiger partial charge in [-0.15, -0.1) is 0 Å². The molecule has 1 aliphatic carbocycles. The number of hydrogen-bond donors (Lipinski definition) is 0. The van der Waals surface area contributed by atoms with Crippen LogP contribution in [0.1, 0.15) is 39.0 Å². The van der Waals surface area contributed by atoms with Crippen LogP contribution in [-0.4, -0.2) is 23.4 Å². The molecule has 0 aromatic heterocycles. The Morgan fingerprint density at radius 1 is 1.43 bits per heavy atom. The molecule has 1 saturated heterocycles. The summed E-state index contributed by atoms with van der Waals surface area (Å²) in [5.74, 6) is 0.212. The lowest BCUT2D eigenvalue weighted by Crippen LogP contribution is -2.35. The first-order valence-electron chi connectivity index (χ1n) is 5.38. The van der Waals surface area contributed by atoms with Gasteiger partial charge in [-0.3, -0.25) is 4.79 Å². The predicted molar refractivity (Wildman–Crippen MR) is 52.3 cm³/mol. The van der Waals surface area contributed by atoms with Crippen molar-refractivity contribution in [3.8, 4) is 6.07 Å². The number of rotatable bonds is 1. The summed E-state index contributed by atoms with van der Waals surface area (Å²) in [6, 6.07) is 2.01. The van der Waals surface area contributed by atoms with E-state index in [-0.39, 0.29) is 17.4 Å². The Morgan fingerprint density at radius 2 is 2.07 bits per heavy atom. The zero-order valence-corrected chi connectivity index (χ0v) is 8.62. The summed E-state index contributed by atoms with van der Waals surface area (Å²) in [4.78, 5) is 13.7. The molecule has 1 unspecified atom stereocenters. The molecule has 1 heterocycles. The van der Waals surface area contributed by atoms with Crippen LogP contribution in [0.5, 0.6) is 0 Å². The first-order valence-corrected chi connectivity index (χ1v) is 5.38. The van der Waals surface area contributed by atoms with E-state index in [4.69, 9.17) is 5.26 Å². The Hall–Kier alpha value is -1.04. The quantitative estimate of drug-likeness (QED) is 0.593. The van der Waals surface area contributed by atoms with Crippen LogP contribution < -0.4 is 0 Å². The number of amides is 1. The van der Waals surface area contributed by atoms with E-state index in [2.05, 4.69) is 13.0 Å². The molecule has 0 radical (unpaired) electrons. The second-order valence-corrected chi connectivity index (χ2v) is 4.72. The normalized spacial score (nSPS) is 29.4. The highest BCUT2D eigenvalue weighted by Crippen LogP contribution is 2.39. The molecule has 2 fully saturated rings. The van der Waals surface area contributed by atoms with Crippen molar-refractivity contribution < 1.29 is 4.79 Å². The smallest absolute Gasteiger partial charge is 0.229 e. The monoisotopic (exact) mass is 192 g/mol. The van der Waals surface area contributed by atoms with Gasteiger partial charge in [0.25, 0.3) is 0 Å². The maximum Gasteiger partial charge on any atom is 0.229 e. The molecule has 0 bridgehead atoms. The molecule has 2 rings (SSSR count). The maximum absolute atomic E-state index is 12.0. The van der Waals surface area contributed by atoms with Gasteiger partial charge in [-0.2, -0.15) is 5.26 Å². The zero-order chi connectivity index (χ0) is 10.2. The van der Waals surface area contributed by atoms with Crippen molar-refractivity contribution in [1.82, 2.24) is 4.90 Å². The number of nitrogens with zero attached hydrogens (tertiary/aromatic N) is 2. The second-order valence-electron chi connectivity index (χ2n) is 4.72. The van der Waals surface area contributed by atoms with E-state index in [1.807, 2.05) is 0 Å². The van der Waals surface area contributed by atoms with Gasteiger partial charge < -0.3 is 4.90 Å². The van der Waals surface area contributed by atoms with E-state index in [9.17, 15) is 4.79 Å². The van der Waals surface area contributed by atoms with Crippen molar-refractivity contribution in [2.24, 2.45) is 5.41 Å². The van der Waals surface area contributed by atoms with E-state index in [0.717, 1.165) is 25.7 Å². The molecule has 0 N–H and O–H groups in total. The topological polar surface area (TPSA) is 43.9 Å². The van der Waals surface area contributed by atoms with Crippen molar-refractivity contribution in [2.75, 3.05) is 6.54 Å². The van der Waals surface area contributed by atoms with Gasteiger partial charge >= 0.3 is 0 Å². The minimum absolute atomic E-state index is 0.124. The van der Waals surface area contributed by atoms with E-state index in [1.54, 1.807) is 4.90 Å². The third-order valence-corrected chi connectivity index (χ3v) is 3.50. The molecule has 1 saturated carbocycles. The summed E-state index contributed by atoms with van der Waals surface area (Å²) in [7, 11) is 0. The van der Waals surface area contributed by atoms with Gasteiger partial charge in [-0.05, 0) is 12.8 Å². The van der Waals surface area contributed by atoms with Crippen molar-refractivity contribution in [3.05, 3.63) is 0 Å². The molecule has 1 atom stereocenters. The molecular weight excluding hydrogens is 176 g/mol.